The number of hydrogen-bond acceptors (Lipinski definition) is 4. The molecule has 5 nitrogen and oxygen atoms in total. The Labute approximate surface area is 213 Å². The zero-order valence-corrected chi connectivity index (χ0v) is 20.5. The normalized spacial score (nSPS) is 11.0. The van der Waals surface area contributed by atoms with E-state index in [1.807, 2.05) is 36.4 Å². The molecule has 0 heterocycles. The van der Waals surface area contributed by atoms with E-state index >= 15 is 0 Å². The number of carbonyl (C=O) groups excluding carboxylic acids is 1. The van der Waals surface area contributed by atoms with Crippen LogP contribution in [0.15, 0.2) is 66.2 Å². The highest BCUT2D eigenvalue weighted by atomic mass is 35.5. The second-order valence-electron chi connectivity index (χ2n) is 7.22. The Morgan fingerprint density at radius 3 is 2.50 bits per heavy atom. The van der Waals surface area contributed by atoms with Crippen LogP contribution in [-0.4, -0.2) is 19.6 Å². The number of halogens is 3. The highest BCUT2D eigenvalue weighted by Gasteiger charge is 2.15. The summed E-state index contributed by atoms with van der Waals surface area (Å²) in [5.41, 5.74) is 2.30. The van der Waals surface area contributed by atoms with Crippen LogP contribution >= 0.6 is 34.8 Å². The molecular formula is C26H21Cl3N2O3. The minimum Gasteiger partial charge on any atom is -0.493 e. The van der Waals surface area contributed by atoms with Crippen LogP contribution in [0.25, 0.3) is 6.08 Å². The van der Waals surface area contributed by atoms with E-state index in [2.05, 4.69) is 5.32 Å². The molecule has 8 heteroatoms. The van der Waals surface area contributed by atoms with Crippen LogP contribution in [0.3, 0.4) is 0 Å². The standard InChI is InChI=1S/C26H21Cl3N2O3/c1-33-24-13-18(11-20(15-30)26(32)31-10-9-17-5-3-2-4-6-17)12-23(29)25(24)34-16-19-7-8-21(27)14-22(19)28/h2-8,11-14H,9-10,16H2,1H3,(H,31,32)/b20-11+. The lowest BCUT2D eigenvalue weighted by atomic mass is 10.1. The molecular weight excluding hydrogens is 495 g/mol. The Hall–Kier alpha value is -3.17. The van der Waals surface area contributed by atoms with Gasteiger partial charge in [0.05, 0.1) is 12.1 Å². The molecule has 1 amide bonds. The summed E-state index contributed by atoms with van der Waals surface area (Å²) in [5, 5.41) is 13.5. The van der Waals surface area contributed by atoms with Gasteiger partial charge in [-0.25, -0.2) is 0 Å². The number of amides is 1. The molecule has 0 aliphatic carbocycles. The van der Waals surface area contributed by atoms with E-state index in [0.29, 0.717) is 40.1 Å². The van der Waals surface area contributed by atoms with Gasteiger partial charge in [-0.3, -0.25) is 4.79 Å². The molecule has 1 N–H and O–H groups in total. The molecule has 0 aliphatic rings. The lowest BCUT2D eigenvalue weighted by molar-refractivity contribution is -0.117. The molecule has 0 fully saturated rings. The molecule has 0 saturated heterocycles. The topological polar surface area (TPSA) is 71.3 Å². The predicted octanol–water partition coefficient (Wildman–Crippen LogP) is 6.50. The van der Waals surface area contributed by atoms with Gasteiger partial charge in [-0.2, -0.15) is 5.26 Å². The Bertz CT molecular complexity index is 1240. The summed E-state index contributed by atoms with van der Waals surface area (Å²) in [6.45, 7) is 0.556. The number of rotatable bonds is 9. The van der Waals surface area contributed by atoms with Crippen molar-refractivity contribution in [3.05, 3.63) is 98.0 Å². The number of hydrogen-bond donors (Lipinski definition) is 1. The first-order valence-electron chi connectivity index (χ1n) is 10.3. The number of methoxy groups -OCH3 is 1. The highest BCUT2D eigenvalue weighted by molar-refractivity contribution is 6.35. The van der Waals surface area contributed by atoms with Gasteiger partial charge in [0, 0.05) is 22.2 Å². The van der Waals surface area contributed by atoms with Crippen LogP contribution in [0.4, 0.5) is 0 Å². The molecule has 0 bridgehead atoms. The number of benzene rings is 3. The second-order valence-corrected chi connectivity index (χ2v) is 8.47. The monoisotopic (exact) mass is 514 g/mol. The van der Waals surface area contributed by atoms with Crippen molar-refractivity contribution in [2.24, 2.45) is 0 Å². The van der Waals surface area contributed by atoms with Crippen molar-refractivity contribution in [3.63, 3.8) is 0 Å². The van der Waals surface area contributed by atoms with E-state index in [-0.39, 0.29) is 17.2 Å². The van der Waals surface area contributed by atoms with Gasteiger partial charge in [0.1, 0.15) is 18.2 Å². The van der Waals surface area contributed by atoms with E-state index in [0.717, 1.165) is 11.1 Å². The fourth-order valence-corrected chi connectivity index (χ4v) is 3.86. The minimum atomic E-state index is -0.466. The maximum Gasteiger partial charge on any atom is 0.261 e. The quantitative estimate of drug-likeness (QED) is 0.261. The molecule has 0 spiro atoms. The van der Waals surface area contributed by atoms with E-state index < -0.39 is 5.91 Å². The van der Waals surface area contributed by atoms with E-state index in [1.54, 1.807) is 30.3 Å². The first kappa shape index (κ1) is 25.5. The average molecular weight is 516 g/mol. The molecule has 0 atom stereocenters. The number of carbonyl (C=O) groups is 1. The fourth-order valence-electron chi connectivity index (χ4n) is 3.13. The SMILES string of the molecule is COc1cc(/C=C(\C#N)C(=O)NCCc2ccccc2)cc(Cl)c1OCc1ccc(Cl)cc1Cl. The predicted molar refractivity (Wildman–Crippen MR) is 136 cm³/mol. The van der Waals surface area contributed by atoms with Gasteiger partial charge >= 0.3 is 0 Å². The fraction of sp³-hybridized carbons (Fsp3) is 0.154. The molecule has 0 aromatic heterocycles. The molecule has 0 radical (unpaired) electrons. The number of nitrogens with zero attached hydrogens (tertiary/aromatic N) is 1. The third-order valence-electron chi connectivity index (χ3n) is 4.86. The Kier molecular flexibility index (Phi) is 9.24. The molecule has 0 saturated carbocycles. The highest BCUT2D eigenvalue weighted by Crippen LogP contribution is 2.38. The summed E-state index contributed by atoms with van der Waals surface area (Å²) < 4.78 is 11.3. The molecule has 3 aromatic carbocycles. The van der Waals surface area contributed by atoms with Gasteiger partial charge in [0.25, 0.3) is 5.91 Å². The Morgan fingerprint density at radius 1 is 1.06 bits per heavy atom. The first-order valence-corrected chi connectivity index (χ1v) is 11.4. The van der Waals surface area contributed by atoms with Crippen molar-refractivity contribution in [2.75, 3.05) is 13.7 Å². The van der Waals surface area contributed by atoms with E-state index in [4.69, 9.17) is 44.3 Å². The molecule has 3 aromatic rings. The number of nitrogens with one attached hydrogen (secondary N) is 1. The van der Waals surface area contributed by atoms with Crippen molar-refractivity contribution in [1.29, 1.82) is 5.26 Å². The molecule has 0 unspecified atom stereocenters. The van der Waals surface area contributed by atoms with Crippen LogP contribution in [0.5, 0.6) is 11.5 Å². The van der Waals surface area contributed by atoms with Crippen molar-refractivity contribution in [2.45, 2.75) is 13.0 Å². The summed E-state index contributed by atoms with van der Waals surface area (Å²) in [6.07, 6.45) is 2.11. The lowest BCUT2D eigenvalue weighted by Gasteiger charge is -2.14. The van der Waals surface area contributed by atoms with Crippen LogP contribution in [0.2, 0.25) is 15.1 Å². The summed E-state index contributed by atoms with van der Waals surface area (Å²) in [5.74, 6) is 0.204. The Morgan fingerprint density at radius 2 is 1.82 bits per heavy atom. The third-order valence-corrected chi connectivity index (χ3v) is 5.72. The van der Waals surface area contributed by atoms with Crippen LogP contribution in [-0.2, 0) is 17.8 Å². The lowest BCUT2D eigenvalue weighted by Crippen LogP contribution is -2.26. The molecule has 0 aliphatic heterocycles. The van der Waals surface area contributed by atoms with Gasteiger partial charge in [0.15, 0.2) is 11.5 Å². The number of nitriles is 1. The minimum absolute atomic E-state index is 0.0483. The van der Waals surface area contributed by atoms with Crippen LogP contribution in [0.1, 0.15) is 16.7 Å². The van der Waals surface area contributed by atoms with Gasteiger partial charge in [0.2, 0.25) is 0 Å². The Balaban J connectivity index is 1.72. The zero-order chi connectivity index (χ0) is 24.5. The van der Waals surface area contributed by atoms with Gasteiger partial charge in [-0.15, -0.1) is 0 Å². The summed E-state index contributed by atoms with van der Waals surface area (Å²) >= 11 is 18.6. The smallest absolute Gasteiger partial charge is 0.261 e. The first-order chi connectivity index (χ1) is 16.4. The third kappa shape index (κ3) is 6.91. The van der Waals surface area contributed by atoms with Crippen molar-refractivity contribution in [1.82, 2.24) is 5.32 Å². The summed E-state index contributed by atoms with van der Waals surface area (Å²) in [6, 6.07) is 20.0. The van der Waals surface area contributed by atoms with Crippen LogP contribution in [0, 0.1) is 11.3 Å². The van der Waals surface area contributed by atoms with Crippen LogP contribution < -0.4 is 14.8 Å². The van der Waals surface area contributed by atoms with E-state index in [1.165, 1.54) is 13.2 Å². The maximum absolute atomic E-state index is 12.5. The van der Waals surface area contributed by atoms with Gasteiger partial charge in [-0.1, -0.05) is 71.2 Å². The zero-order valence-electron chi connectivity index (χ0n) is 18.3. The maximum atomic E-state index is 12.5. The summed E-state index contributed by atoms with van der Waals surface area (Å²) in [4.78, 5) is 12.5. The molecule has 174 valence electrons. The van der Waals surface area contributed by atoms with E-state index in [9.17, 15) is 10.1 Å². The van der Waals surface area contributed by atoms with Crippen molar-refractivity contribution in [3.8, 4) is 17.6 Å². The summed E-state index contributed by atoms with van der Waals surface area (Å²) in [7, 11) is 1.47. The van der Waals surface area contributed by atoms with Gasteiger partial charge < -0.3 is 14.8 Å². The number of ether oxygens (including phenoxy) is 2. The largest absolute Gasteiger partial charge is 0.493 e. The molecule has 3 rings (SSSR count). The molecule has 34 heavy (non-hydrogen) atoms. The van der Waals surface area contributed by atoms with Crippen molar-refractivity contribution >= 4 is 46.8 Å². The van der Waals surface area contributed by atoms with Crippen molar-refractivity contribution < 1.29 is 14.3 Å². The van der Waals surface area contributed by atoms with Gasteiger partial charge in [-0.05, 0) is 47.9 Å². The average Bonchev–Trinajstić information content (AvgIpc) is 2.83. The second kappa shape index (κ2) is 12.3.